The second-order valence-electron chi connectivity index (χ2n) is 4.44. The highest BCUT2D eigenvalue weighted by molar-refractivity contribution is 7.98. The number of rotatable bonds is 2. The molecule has 1 aliphatic heterocycles. The van der Waals surface area contributed by atoms with Gasteiger partial charge in [0.25, 0.3) is 5.91 Å². The van der Waals surface area contributed by atoms with Crippen LogP contribution in [0.25, 0.3) is 0 Å². The SMILES string of the molecule is CSc1ccc2c(c1)OCN(c1c(Cl)cccc1Cl)C2=O. The minimum atomic E-state index is -0.168. The third-order valence-corrected chi connectivity index (χ3v) is 4.56. The largest absolute Gasteiger partial charge is 0.472 e. The van der Waals surface area contributed by atoms with Crippen LogP contribution in [-0.2, 0) is 0 Å². The van der Waals surface area contributed by atoms with E-state index in [1.807, 2.05) is 18.4 Å². The molecule has 0 radical (unpaired) electrons. The van der Waals surface area contributed by atoms with Gasteiger partial charge in [-0.2, -0.15) is 0 Å². The van der Waals surface area contributed by atoms with Crippen molar-refractivity contribution >= 4 is 46.6 Å². The second-order valence-corrected chi connectivity index (χ2v) is 6.13. The van der Waals surface area contributed by atoms with Crippen molar-refractivity contribution in [3.8, 4) is 5.75 Å². The summed E-state index contributed by atoms with van der Waals surface area (Å²) < 4.78 is 5.69. The first-order valence-electron chi connectivity index (χ1n) is 6.18. The number of hydrogen-bond acceptors (Lipinski definition) is 3. The third-order valence-electron chi connectivity index (χ3n) is 3.22. The minimum Gasteiger partial charge on any atom is -0.472 e. The third kappa shape index (κ3) is 2.59. The number of hydrogen-bond donors (Lipinski definition) is 0. The number of para-hydroxylation sites is 1. The minimum absolute atomic E-state index is 0.0904. The molecule has 3 nitrogen and oxygen atoms in total. The molecule has 3 rings (SSSR count). The van der Waals surface area contributed by atoms with Crippen molar-refractivity contribution in [3.05, 3.63) is 52.0 Å². The Hall–Kier alpha value is -1.36. The van der Waals surface area contributed by atoms with E-state index in [0.29, 0.717) is 27.0 Å². The fourth-order valence-electron chi connectivity index (χ4n) is 2.18. The first-order chi connectivity index (χ1) is 10.1. The maximum absolute atomic E-state index is 12.6. The molecule has 0 spiro atoms. The van der Waals surface area contributed by atoms with Crippen molar-refractivity contribution < 1.29 is 9.53 Å². The van der Waals surface area contributed by atoms with Crippen LogP contribution in [0.15, 0.2) is 41.3 Å². The highest BCUT2D eigenvalue weighted by atomic mass is 35.5. The zero-order valence-electron chi connectivity index (χ0n) is 11.1. The summed E-state index contributed by atoms with van der Waals surface area (Å²) in [7, 11) is 0. The number of fused-ring (bicyclic) bond motifs is 1. The summed E-state index contributed by atoms with van der Waals surface area (Å²) in [4.78, 5) is 15.1. The lowest BCUT2D eigenvalue weighted by atomic mass is 10.1. The Labute approximate surface area is 136 Å². The van der Waals surface area contributed by atoms with E-state index < -0.39 is 0 Å². The van der Waals surface area contributed by atoms with Crippen molar-refractivity contribution in [2.75, 3.05) is 17.9 Å². The summed E-state index contributed by atoms with van der Waals surface area (Å²) in [6, 6.07) is 10.7. The van der Waals surface area contributed by atoms with Gasteiger partial charge >= 0.3 is 0 Å². The average molecular weight is 340 g/mol. The Morgan fingerprint density at radius 2 is 1.90 bits per heavy atom. The van der Waals surface area contributed by atoms with Crippen LogP contribution in [0.1, 0.15) is 10.4 Å². The molecule has 0 aromatic heterocycles. The molecule has 1 aliphatic rings. The van der Waals surface area contributed by atoms with Gasteiger partial charge in [-0.05, 0) is 36.6 Å². The topological polar surface area (TPSA) is 29.5 Å². The number of halogens is 2. The molecular weight excluding hydrogens is 329 g/mol. The summed E-state index contributed by atoms with van der Waals surface area (Å²) in [6.45, 7) is 0.0904. The summed E-state index contributed by atoms with van der Waals surface area (Å²) in [5.41, 5.74) is 0.987. The molecule has 1 amide bonds. The van der Waals surface area contributed by atoms with Gasteiger partial charge in [0.05, 0.1) is 21.3 Å². The molecule has 2 aromatic rings. The van der Waals surface area contributed by atoms with E-state index >= 15 is 0 Å². The molecule has 0 saturated carbocycles. The van der Waals surface area contributed by atoms with Crippen molar-refractivity contribution in [1.29, 1.82) is 0 Å². The van der Waals surface area contributed by atoms with Gasteiger partial charge in [-0.1, -0.05) is 29.3 Å². The Morgan fingerprint density at radius 1 is 1.19 bits per heavy atom. The van der Waals surface area contributed by atoms with Crippen molar-refractivity contribution in [2.24, 2.45) is 0 Å². The Kier molecular flexibility index (Phi) is 4.02. The summed E-state index contributed by atoms with van der Waals surface area (Å²) in [6.07, 6.45) is 1.97. The number of thioether (sulfide) groups is 1. The van der Waals surface area contributed by atoms with Crippen LogP contribution in [-0.4, -0.2) is 18.9 Å². The van der Waals surface area contributed by atoms with Crippen LogP contribution in [0.4, 0.5) is 5.69 Å². The maximum Gasteiger partial charge on any atom is 0.264 e. The predicted molar refractivity (Wildman–Crippen MR) is 87.0 cm³/mol. The molecule has 2 aromatic carbocycles. The number of benzene rings is 2. The lowest BCUT2D eigenvalue weighted by Gasteiger charge is -2.30. The number of amides is 1. The van der Waals surface area contributed by atoms with E-state index in [1.165, 1.54) is 4.90 Å². The quantitative estimate of drug-likeness (QED) is 0.742. The molecular formula is C15H11Cl2NO2S. The molecule has 108 valence electrons. The number of carbonyl (C=O) groups excluding carboxylic acids is 1. The van der Waals surface area contributed by atoms with Gasteiger partial charge in [0.1, 0.15) is 5.75 Å². The van der Waals surface area contributed by atoms with E-state index in [9.17, 15) is 4.79 Å². The van der Waals surface area contributed by atoms with E-state index in [0.717, 1.165) is 4.90 Å². The monoisotopic (exact) mass is 339 g/mol. The molecule has 0 aliphatic carbocycles. The molecule has 0 atom stereocenters. The van der Waals surface area contributed by atoms with Gasteiger partial charge in [0.15, 0.2) is 6.73 Å². The van der Waals surface area contributed by atoms with Crippen molar-refractivity contribution in [3.63, 3.8) is 0 Å². The molecule has 0 unspecified atom stereocenters. The van der Waals surface area contributed by atoms with Crippen LogP contribution < -0.4 is 9.64 Å². The normalized spacial score (nSPS) is 13.9. The highest BCUT2D eigenvalue weighted by Gasteiger charge is 2.29. The van der Waals surface area contributed by atoms with Crippen molar-refractivity contribution in [1.82, 2.24) is 0 Å². The van der Waals surface area contributed by atoms with Gasteiger partial charge in [0.2, 0.25) is 0 Å². The maximum atomic E-state index is 12.6. The van der Waals surface area contributed by atoms with E-state index in [2.05, 4.69) is 0 Å². The molecule has 0 bridgehead atoms. The molecule has 21 heavy (non-hydrogen) atoms. The Bertz CT molecular complexity index is 701. The van der Waals surface area contributed by atoms with Crippen LogP contribution in [0.5, 0.6) is 5.75 Å². The number of carbonyl (C=O) groups is 1. The fraction of sp³-hybridized carbons (Fsp3) is 0.133. The first-order valence-corrected chi connectivity index (χ1v) is 8.16. The van der Waals surface area contributed by atoms with Crippen LogP contribution in [0, 0.1) is 0 Å². The zero-order valence-corrected chi connectivity index (χ0v) is 13.4. The molecule has 1 heterocycles. The fourth-order valence-corrected chi connectivity index (χ4v) is 3.21. The molecule has 0 fully saturated rings. The van der Waals surface area contributed by atoms with Crippen LogP contribution in [0.2, 0.25) is 10.0 Å². The number of anilines is 1. The highest BCUT2D eigenvalue weighted by Crippen LogP contribution is 2.38. The van der Waals surface area contributed by atoms with Crippen LogP contribution in [0.3, 0.4) is 0 Å². The zero-order chi connectivity index (χ0) is 15.0. The first kappa shape index (κ1) is 14.6. The summed E-state index contributed by atoms with van der Waals surface area (Å²) in [5, 5.41) is 0.840. The van der Waals surface area contributed by atoms with E-state index in [-0.39, 0.29) is 12.6 Å². The molecule has 0 N–H and O–H groups in total. The summed E-state index contributed by atoms with van der Waals surface area (Å²) >= 11 is 13.9. The Balaban J connectivity index is 2.03. The molecule has 0 saturated heterocycles. The average Bonchev–Trinajstić information content (AvgIpc) is 2.49. The molecule has 6 heteroatoms. The second kappa shape index (κ2) is 5.79. The standard InChI is InChI=1S/C15H11Cl2NO2S/c1-21-9-5-6-10-13(7-9)20-8-18(15(10)19)14-11(16)3-2-4-12(14)17/h2-7H,8H2,1H3. The van der Waals surface area contributed by atoms with E-state index in [1.54, 1.807) is 36.0 Å². The number of ether oxygens (including phenoxy) is 1. The number of nitrogens with zero attached hydrogens (tertiary/aromatic N) is 1. The van der Waals surface area contributed by atoms with Gasteiger partial charge in [-0.25, -0.2) is 0 Å². The lowest BCUT2D eigenvalue weighted by molar-refractivity contribution is 0.0937. The predicted octanol–water partition coefficient (Wildman–Crippen LogP) is 4.71. The Morgan fingerprint density at radius 3 is 2.57 bits per heavy atom. The smallest absolute Gasteiger partial charge is 0.264 e. The van der Waals surface area contributed by atoms with E-state index in [4.69, 9.17) is 27.9 Å². The van der Waals surface area contributed by atoms with Gasteiger partial charge in [-0.15, -0.1) is 11.8 Å². The van der Waals surface area contributed by atoms with Gasteiger partial charge < -0.3 is 4.74 Å². The van der Waals surface area contributed by atoms with Gasteiger partial charge in [-0.3, -0.25) is 9.69 Å². The lowest BCUT2D eigenvalue weighted by Crippen LogP contribution is -2.39. The van der Waals surface area contributed by atoms with Crippen LogP contribution >= 0.6 is 35.0 Å². The van der Waals surface area contributed by atoms with Crippen molar-refractivity contribution in [2.45, 2.75) is 4.90 Å². The van der Waals surface area contributed by atoms with Gasteiger partial charge in [0, 0.05) is 4.90 Å². The summed E-state index contributed by atoms with van der Waals surface area (Å²) in [5.74, 6) is 0.421.